The van der Waals surface area contributed by atoms with E-state index in [4.69, 9.17) is 5.11 Å². The number of aliphatic hydroxyl groups excluding tert-OH is 1. The number of amides is 2. The van der Waals surface area contributed by atoms with Gasteiger partial charge in [0.05, 0.1) is 5.92 Å². The topological polar surface area (TPSA) is 69.6 Å². The van der Waals surface area contributed by atoms with Crippen LogP contribution in [0, 0.1) is 5.92 Å². The van der Waals surface area contributed by atoms with E-state index in [2.05, 4.69) is 5.32 Å². The number of nitrogens with one attached hydrogen (secondary N) is 1. The third kappa shape index (κ3) is 3.48. The largest absolute Gasteiger partial charge is 0.396 e. The lowest BCUT2D eigenvalue weighted by molar-refractivity contribution is -0.137. The maximum absolute atomic E-state index is 12.0. The van der Waals surface area contributed by atoms with E-state index in [0.717, 1.165) is 0 Å². The van der Waals surface area contributed by atoms with E-state index < -0.39 is 0 Å². The molecule has 1 aliphatic rings. The van der Waals surface area contributed by atoms with Crippen molar-refractivity contribution < 1.29 is 14.7 Å². The summed E-state index contributed by atoms with van der Waals surface area (Å²) in [6.45, 7) is 3.73. The summed E-state index contributed by atoms with van der Waals surface area (Å²) in [4.78, 5) is 24.8. The van der Waals surface area contributed by atoms with E-state index in [9.17, 15) is 9.59 Å². The maximum Gasteiger partial charge on any atom is 0.227 e. The van der Waals surface area contributed by atoms with Crippen LogP contribution in [-0.2, 0) is 9.59 Å². The van der Waals surface area contributed by atoms with Gasteiger partial charge in [0.1, 0.15) is 0 Å². The zero-order valence-corrected chi connectivity index (χ0v) is 9.74. The molecule has 0 saturated carbocycles. The summed E-state index contributed by atoms with van der Waals surface area (Å²) in [6, 6.07) is 0. The van der Waals surface area contributed by atoms with E-state index in [1.165, 1.54) is 0 Å². The normalized spacial score (nSPS) is 20.4. The zero-order chi connectivity index (χ0) is 12.0. The second kappa shape index (κ2) is 6.48. The molecule has 1 saturated heterocycles. The van der Waals surface area contributed by atoms with Crippen LogP contribution in [0.3, 0.4) is 0 Å². The Morgan fingerprint density at radius 1 is 1.62 bits per heavy atom. The van der Waals surface area contributed by atoms with Gasteiger partial charge in [-0.15, -0.1) is 0 Å². The number of piperidine rings is 1. The van der Waals surface area contributed by atoms with Gasteiger partial charge in [0.2, 0.25) is 11.8 Å². The number of hydrogen-bond donors (Lipinski definition) is 2. The average molecular weight is 228 g/mol. The Hall–Kier alpha value is -1.10. The van der Waals surface area contributed by atoms with Gasteiger partial charge >= 0.3 is 0 Å². The molecule has 1 aliphatic heterocycles. The van der Waals surface area contributed by atoms with Crippen molar-refractivity contribution in [2.45, 2.75) is 26.2 Å². The molecule has 92 valence electrons. The van der Waals surface area contributed by atoms with Gasteiger partial charge in [0.25, 0.3) is 0 Å². The van der Waals surface area contributed by atoms with Crippen molar-refractivity contribution in [2.75, 3.05) is 26.2 Å². The Morgan fingerprint density at radius 3 is 2.88 bits per heavy atom. The number of carbonyl (C=O) groups is 2. The van der Waals surface area contributed by atoms with Crippen LogP contribution in [-0.4, -0.2) is 48.1 Å². The highest BCUT2D eigenvalue weighted by molar-refractivity contribution is 5.83. The van der Waals surface area contributed by atoms with Gasteiger partial charge in [0.15, 0.2) is 0 Å². The minimum absolute atomic E-state index is 0.0301. The summed E-state index contributed by atoms with van der Waals surface area (Å²) in [5.41, 5.74) is 0. The summed E-state index contributed by atoms with van der Waals surface area (Å²) in [6.07, 6.45) is 1.69. The molecule has 2 amide bonds. The number of carbonyl (C=O) groups excluding carboxylic acids is 2. The van der Waals surface area contributed by atoms with Crippen LogP contribution in [0.1, 0.15) is 26.2 Å². The maximum atomic E-state index is 12.0. The Bertz CT molecular complexity index is 246. The molecule has 1 rings (SSSR count). The van der Waals surface area contributed by atoms with E-state index in [1.807, 2.05) is 6.92 Å². The molecule has 1 unspecified atom stereocenters. The van der Waals surface area contributed by atoms with E-state index >= 15 is 0 Å². The lowest BCUT2D eigenvalue weighted by atomic mass is 9.97. The highest BCUT2D eigenvalue weighted by Gasteiger charge is 2.27. The molecule has 0 aliphatic carbocycles. The molecule has 5 heteroatoms. The molecule has 0 bridgehead atoms. The highest BCUT2D eigenvalue weighted by atomic mass is 16.3. The lowest BCUT2D eigenvalue weighted by Gasteiger charge is -2.28. The van der Waals surface area contributed by atoms with E-state index in [-0.39, 0.29) is 24.3 Å². The minimum atomic E-state index is -0.0867. The van der Waals surface area contributed by atoms with Crippen LogP contribution < -0.4 is 5.32 Å². The van der Waals surface area contributed by atoms with Gasteiger partial charge < -0.3 is 15.3 Å². The fourth-order valence-corrected chi connectivity index (χ4v) is 1.89. The average Bonchev–Trinajstić information content (AvgIpc) is 2.30. The fourth-order valence-electron chi connectivity index (χ4n) is 1.89. The van der Waals surface area contributed by atoms with Crippen molar-refractivity contribution in [2.24, 2.45) is 5.92 Å². The molecule has 5 nitrogen and oxygen atoms in total. The summed E-state index contributed by atoms with van der Waals surface area (Å²) < 4.78 is 0. The SMILES string of the molecule is CCN(CCCO)C(=O)C1CCC(=O)NC1. The summed E-state index contributed by atoms with van der Waals surface area (Å²) in [5.74, 6) is 0.0368. The Labute approximate surface area is 95.8 Å². The predicted molar refractivity (Wildman–Crippen MR) is 59.7 cm³/mol. The van der Waals surface area contributed by atoms with Crippen LogP contribution in [0.5, 0.6) is 0 Å². The second-order valence-electron chi connectivity index (χ2n) is 4.03. The number of nitrogens with zero attached hydrogens (tertiary/aromatic N) is 1. The first-order chi connectivity index (χ1) is 7.69. The first-order valence-corrected chi connectivity index (χ1v) is 5.85. The summed E-state index contributed by atoms with van der Waals surface area (Å²) in [5, 5.41) is 11.5. The molecular formula is C11H20N2O3. The fraction of sp³-hybridized carbons (Fsp3) is 0.818. The monoisotopic (exact) mass is 228 g/mol. The quantitative estimate of drug-likeness (QED) is 0.681. The molecule has 1 fully saturated rings. The van der Waals surface area contributed by atoms with Crippen LogP contribution in [0.15, 0.2) is 0 Å². The van der Waals surface area contributed by atoms with Crippen molar-refractivity contribution in [3.63, 3.8) is 0 Å². The second-order valence-corrected chi connectivity index (χ2v) is 4.03. The lowest BCUT2D eigenvalue weighted by Crippen LogP contribution is -2.45. The van der Waals surface area contributed by atoms with Gasteiger partial charge in [-0.2, -0.15) is 0 Å². The standard InChI is InChI=1S/C11H20N2O3/c1-2-13(6-3-7-14)11(16)9-4-5-10(15)12-8-9/h9,14H,2-8H2,1H3,(H,12,15). The Balaban J connectivity index is 2.44. The third-order valence-electron chi connectivity index (χ3n) is 2.89. The van der Waals surface area contributed by atoms with Gasteiger partial charge in [-0.3, -0.25) is 9.59 Å². The van der Waals surface area contributed by atoms with Gasteiger partial charge in [-0.05, 0) is 19.8 Å². The molecule has 2 N–H and O–H groups in total. The first kappa shape index (κ1) is 13.0. The van der Waals surface area contributed by atoms with Crippen LogP contribution in [0.4, 0.5) is 0 Å². The van der Waals surface area contributed by atoms with Gasteiger partial charge in [0, 0.05) is 32.7 Å². The number of aliphatic hydroxyl groups is 1. The molecule has 0 aromatic carbocycles. The molecule has 0 aromatic heterocycles. The van der Waals surface area contributed by atoms with Gasteiger partial charge in [-0.1, -0.05) is 0 Å². The van der Waals surface area contributed by atoms with Crippen LogP contribution in [0.2, 0.25) is 0 Å². The number of rotatable bonds is 5. The van der Waals surface area contributed by atoms with Gasteiger partial charge in [-0.25, -0.2) is 0 Å². The predicted octanol–water partition coefficient (Wildman–Crippen LogP) is -0.257. The minimum Gasteiger partial charge on any atom is -0.396 e. The molecular weight excluding hydrogens is 208 g/mol. The van der Waals surface area contributed by atoms with Crippen molar-refractivity contribution in [3.8, 4) is 0 Å². The Kier molecular flexibility index (Phi) is 5.25. The van der Waals surface area contributed by atoms with Crippen molar-refractivity contribution in [1.82, 2.24) is 10.2 Å². The molecule has 0 radical (unpaired) electrons. The highest BCUT2D eigenvalue weighted by Crippen LogP contribution is 2.14. The van der Waals surface area contributed by atoms with E-state index in [0.29, 0.717) is 38.9 Å². The van der Waals surface area contributed by atoms with E-state index in [1.54, 1.807) is 4.90 Å². The molecule has 0 aromatic rings. The first-order valence-electron chi connectivity index (χ1n) is 5.85. The van der Waals surface area contributed by atoms with Crippen molar-refractivity contribution >= 4 is 11.8 Å². The third-order valence-corrected chi connectivity index (χ3v) is 2.89. The molecule has 0 spiro atoms. The van der Waals surface area contributed by atoms with Crippen molar-refractivity contribution in [1.29, 1.82) is 0 Å². The molecule has 16 heavy (non-hydrogen) atoms. The van der Waals surface area contributed by atoms with Crippen molar-refractivity contribution in [3.05, 3.63) is 0 Å². The molecule has 1 atom stereocenters. The van der Waals surface area contributed by atoms with Crippen LogP contribution >= 0.6 is 0 Å². The smallest absolute Gasteiger partial charge is 0.227 e. The summed E-state index contributed by atoms with van der Waals surface area (Å²) >= 11 is 0. The van der Waals surface area contributed by atoms with Crippen LogP contribution in [0.25, 0.3) is 0 Å². The summed E-state index contributed by atoms with van der Waals surface area (Å²) in [7, 11) is 0. The Morgan fingerprint density at radius 2 is 2.38 bits per heavy atom. The molecule has 1 heterocycles. The zero-order valence-electron chi connectivity index (χ0n) is 9.74. The number of hydrogen-bond acceptors (Lipinski definition) is 3.